The first-order valence-electron chi connectivity index (χ1n) is 1.88. The Morgan fingerprint density at radius 3 is 2.12 bits per heavy atom. The molecule has 0 aromatic carbocycles. The predicted molar refractivity (Wildman–Crippen MR) is 38.5 cm³/mol. The summed E-state index contributed by atoms with van der Waals surface area (Å²) in [6.07, 6.45) is 1.38. The van der Waals surface area contributed by atoms with Gasteiger partial charge in [-0.3, -0.25) is 0 Å². The van der Waals surface area contributed by atoms with Gasteiger partial charge in [-0.1, -0.05) is 36.4 Å². The molecule has 0 aromatic rings. The standard InChI is InChI=1S/C5H5Cl2N/c1-3-5(7)8-4(2)6/h3H,1-2H2/b8-5+. The fraction of sp³-hybridized carbons (Fsp3) is 0. The minimum Gasteiger partial charge on any atom is -0.225 e. The molecule has 0 aromatic heterocycles. The van der Waals surface area contributed by atoms with Gasteiger partial charge in [0.05, 0.1) is 0 Å². The van der Waals surface area contributed by atoms with Crippen LogP contribution < -0.4 is 0 Å². The molecule has 0 heterocycles. The van der Waals surface area contributed by atoms with Crippen LogP contribution in [-0.2, 0) is 0 Å². The summed E-state index contributed by atoms with van der Waals surface area (Å²) in [7, 11) is 0. The van der Waals surface area contributed by atoms with Gasteiger partial charge in [0.1, 0.15) is 10.3 Å². The van der Waals surface area contributed by atoms with Gasteiger partial charge in [-0.25, -0.2) is 4.99 Å². The van der Waals surface area contributed by atoms with Gasteiger partial charge >= 0.3 is 0 Å². The van der Waals surface area contributed by atoms with Crippen LogP contribution in [0.2, 0.25) is 0 Å². The maximum absolute atomic E-state index is 5.35. The molecule has 0 radical (unpaired) electrons. The Morgan fingerprint density at radius 2 is 2.00 bits per heavy atom. The normalized spacial score (nSPS) is 11.0. The van der Waals surface area contributed by atoms with Gasteiger partial charge in [0.15, 0.2) is 0 Å². The van der Waals surface area contributed by atoms with E-state index in [-0.39, 0.29) is 10.3 Å². The summed E-state index contributed by atoms with van der Waals surface area (Å²) < 4.78 is 0. The fourth-order valence-electron chi connectivity index (χ4n) is 0.162. The highest BCUT2D eigenvalue weighted by atomic mass is 35.5. The Bertz CT molecular complexity index is 137. The lowest BCUT2D eigenvalue weighted by Gasteiger charge is -1.82. The first-order valence-corrected chi connectivity index (χ1v) is 2.63. The number of aliphatic imine (C=N–C) groups is 1. The molecule has 44 valence electrons. The van der Waals surface area contributed by atoms with E-state index in [0.29, 0.717) is 0 Å². The highest BCUT2D eigenvalue weighted by Crippen LogP contribution is 2.00. The van der Waals surface area contributed by atoms with E-state index in [1.807, 2.05) is 0 Å². The number of hydrogen-bond acceptors (Lipinski definition) is 1. The van der Waals surface area contributed by atoms with Crippen LogP contribution >= 0.6 is 23.2 Å². The molecule has 0 fully saturated rings. The first kappa shape index (κ1) is 7.73. The number of nitrogens with zero attached hydrogens (tertiary/aromatic N) is 1. The molecule has 0 aliphatic carbocycles. The SMILES string of the molecule is C=C/C(Cl)=N\C(=C)Cl. The summed E-state index contributed by atoms with van der Waals surface area (Å²) in [5.41, 5.74) is 0. The van der Waals surface area contributed by atoms with Crippen molar-refractivity contribution in [1.29, 1.82) is 0 Å². The van der Waals surface area contributed by atoms with Gasteiger partial charge in [-0.05, 0) is 6.08 Å². The molecule has 0 spiro atoms. The maximum atomic E-state index is 5.35. The summed E-state index contributed by atoms with van der Waals surface area (Å²) >= 11 is 10.6. The van der Waals surface area contributed by atoms with E-state index in [0.717, 1.165) is 0 Å². The smallest absolute Gasteiger partial charge is 0.130 e. The molecule has 0 bridgehead atoms. The lowest BCUT2D eigenvalue weighted by atomic mass is 10.7. The topological polar surface area (TPSA) is 12.4 Å². The summed E-state index contributed by atoms with van der Waals surface area (Å²) in [5, 5.41) is 0.417. The third-order valence-corrected chi connectivity index (χ3v) is 0.720. The van der Waals surface area contributed by atoms with Crippen LogP contribution in [0.5, 0.6) is 0 Å². The van der Waals surface area contributed by atoms with E-state index >= 15 is 0 Å². The molecule has 8 heavy (non-hydrogen) atoms. The Hall–Kier alpha value is -0.270. The van der Waals surface area contributed by atoms with Crippen molar-refractivity contribution in [2.45, 2.75) is 0 Å². The Kier molecular flexibility index (Phi) is 3.57. The fourth-order valence-corrected chi connectivity index (χ4v) is 0.398. The van der Waals surface area contributed by atoms with Gasteiger partial charge in [0, 0.05) is 0 Å². The average molecular weight is 150 g/mol. The number of rotatable bonds is 2. The Labute approximate surface area is 58.3 Å². The molecular formula is C5H5Cl2N. The van der Waals surface area contributed by atoms with Crippen LogP contribution in [0.25, 0.3) is 0 Å². The molecule has 0 aliphatic heterocycles. The summed E-state index contributed by atoms with van der Waals surface area (Å²) in [6.45, 7) is 6.64. The molecule has 0 saturated heterocycles. The van der Waals surface area contributed by atoms with Crippen LogP contribution in [0.1, 0.15) is 0 Å². The van der Waals surface area contributed by atoms with Crippen LogP contribution in [0, 0.1) is 0 Å². The van der Waals surface area contributed by atoms with Crippen molar-refractivity contribution in [1.82, 2.24) is 0 Å². The Balaban J connectivity index is 3.94. The molecule has 0 amide bonds. The minimum atomic E-state index is 0.162. The largest absolute Gasteiger partial charge is 0.225 e. The quantitative estimate of drug-likeness (QED) is 0.423. The third-order valence-electron chi connectivity index (χ3n) is 0.397. The van der Waals surface area contributed by atoms with Gasteiger partial charge in [-0.15, -0.1) is 0 Å². The monoisotopic (exact) mass is 149 g/mol. The van der Waals surface area contributed by atoms with E-state index in [1.54, 1.807) is 0 Å². The van der Waals surface area contributed by atoms with E-state index in [4.69, 9.17) is 23.2 Å². The van der Waals surface area contributed by atoms with Crippen LogP contribution in [0.3, 0.4) is 0 Å². The van der Waals surface area contributed by atoms with Gasteiger partial charge in [-0.2, -0.15) is 0 Å². The first-order chi connectivity index (χ1) is 3.66. The lowest BCUT2D eigenvalue weighted by molar-refractivity contribution is 1.56. The summed E-state index contributed by atoms with van der Waals surface area (Å²) in [6, 6.07) is 0. The van der Waals surface area contributed by atoms with Crippen LogP contribution in [0.4, 0.5) is 0 Å². The predicted octanol–water partition coefficient (Wildman–Crippen LogP) is 2.52. The van der Waals surface area contributed by atoms with Crippen molar-refractivity contribution in [2.75, 3.05) is 0 Å². The molecule has 0 atom stereocenters. The van der Waals surface area contributed by atoms with Crippen molar-refractivity contribution in [3.63, 3.8) is 0 Å². The van der Waals surface area contributed by atoms with E-state index in [9.17, 15) is 0 Å². The number of hydrogen-bond donors (Lipinski definition) is 0. The second-order valence-electron chi connectivity index (χ2n) is 1.01. The van der Waals surface area contributed by atoms with Crippen molar-refractivity contribution in [2.24, 2.45) is 4.99 Å². The third kappa shape index (κ3) is 3.90. The van der Waals surface area contributed by atoms with Gasteiger partial charge < -0.3 is 0 Å². The van der Waals surface area contributed by atoms with Crippen molar-refractivity contribution in [3.8, 4) is 0 Å². The lowest BCUT2D eigenvalue weighted by Crippen LogP contribution is -1.75. The zero-order valence-corrected chi connectivity index (χ0v) is 5.71. The molecule has 0 saturated carbocycles. The Morgan fingerprint density at radius 1 is 1.50 bits per heavy atom. The molecular weight excluding hydrogens is 145 g/mol. The van der Waals surface area contributed by atoms with E-state index in [1.165, 1.54) is 6.08 Å². The maximum Gasteiger partial charge on any atom is 0.130 e. The number of allylic oxidation sites excluding steroid dienone is 1. The highest BCUT2D eigenvalue weighted by molar-refractivity contribution is 6.68. The minimum absolute atomic E-state index is 0.162. The second kappa shape index (κ2) is 3.70. The molecule has 0 aliphatic rings. The van der Waals surface area contributed by atoms with Gasteiger partial charge in [0.25, 0.3) is 0 Å². The van der Waals surface area contributed by atoms with Crippen molar-refractivity contribution >= 4 is 28.4 Å². The van der Waals surface area contributed by atoms with E-state index in [2.05, 4.69) is 18.2 Å². The molecule has 0 unspecified atom stereocenters. The zero-order valence-electron chi connectivity index (χ0n) is 4.19. The highest BCUT2D eigenvalue weighted by Gasteiger charge is 1.83. The summed E-state index contributed by atoms with van der Waals surface area (Å²) in [5.74, 6) is 0. The van der Waals surface area contributed by atoms with E-state index < -0.39 is 0 Å². The van der Waals surface area contributed by atoms with Gasteiger partial charge in [0.2, 0.25) is 0 Å². The molecule has 0 rings (SSSR count). The summed E-state index contributed by atoms with van der Waals surface area (Å²) in [4.78, 5) is 3.53. The van der Waals surface area contributed by atoms with Crippen LogP contribution in [-0.4, -0.2) is 5.17 Å². The average Bonchev–Trinajstić information content (AvgIpc) is 1.65. The molecule has 0 N–H and O–H groups in total. The van der Waals surface area contributed by atoms with Crippen LogP contribution in [0.15, 0.2) is 29.4 Å². The van der Waals surface area contributed by atoms with Crippen molar-refractivity contribution < 1.29 is 0 Å². The molecule has 3 heteroatoms. The number of halogens is 2. The van der Waals surface area contributed by atoms with Crippen molar-refractivity contribution in [3.05, 3.63) is 24.4 Å². The second-order valence-corrected chi connectivity index (χ2v) is 1.84. The zero-order chi connectivity index (χ0) is 6.57. The molecule has 1 nitrogen and oxygen atoms in total.